The Labute approximate surface area is 169 Å². The second-order valence-electron chi connectivity index (χ2n) is 10.9. The monoisotopic (exact) mass is 384 g/mol. The van der Waals surface area contributed by atoms with Crippen molar-refractivity contribution < 1.29 is 4.79 Å². The number of anilines is 1. The Bertz CT molecular complexity index is 712. The molecule has 154 valence electrons. The van der Waals surface area contributed by atoms with Gasteiger partial charge in [0, 0.05) is 19.1 Å². The highest BCUT2D eigenvalue weighted by Crippen LogP contribution is 2.53. The zero-order valence-corrected chi connectivity index (χ0v) is 17.8. The van der Waals surface area contributed by atoms with Crippen molar-refractivity contribution in [2.24, 2.45) is 23.7 Å². The highest BCUT2D eigenvalue weighted by atomic mass is 16.1. The number of hydrogen-bond donors (Lipinski definition) is 1. The van der Waals surface area contributed by atoms with Gasteiger partial charge in [0.15, 0.2) is 0 Å². The summed E-state index contributed by atoms with van der Waals surface area (Å²) in [6.45, 7) is 8.58. The summed E-state index contributed by atoms with van der Waals surface area (Å²) < 4.78 is 2.07. The second kappa shape index (κ2) is 6.77. The lowest BCUT2D eigenvalue weighted by molar-refractivity contribution is -0.0119. The maximum atomic E-state index is 13.4. The van der Waals surface area contributed by atoms with E-state index in [9.17, 15) is 4.79 Å². The van der Waals surface area contributed by atoms with Gasteiger partial charge < -0.3 is 10.2 Å². The van der Waals surface area contributed by atoms with Crippen LogP contribution in [0.2, 0.25) is 0 Å². The maximum Gasteiger partial charge on any atom is 0.256 e. The van der Waals surface area contributed by atoms with Crippen LogP contribution in [0.5, 0.6) is 0 Å². The standard InChI is InChI=1S/C23H36N4O/c1-23(2,3)27-22(26-7-5-4-6-8-26)19(14-24-27)21(28)25-20-17-10-15-9-16(12-17)13-18(20)11-15/h14-18,20H,4-13H2,1-3H3,(H,25,28). The highest BCUT2D eigenvalue weighted by Gasteiger charge is 2.48. The minimum Gasteiger partial charge on any atom is -0.356 e. The summed E-state index contributed by atoms with van der Waals surface area (Å²) in [4.78, 5) is 15.8. The molecule has 5 heteroatoms. The average Bonchev–Trinajstić information content (AvgIpc) is 3.10. The van der Waals surface area contributed by atoms with Crippen molar-refractivity contribution in [1.82, 2.24) is 15.1 Å². The van der Waals surface area contributed by atoms with E-state index in [0.717, 1.165) is 36.3 Å². The third kappa shape index (κ3) is 3.15. The van der Waals surface area contributed by atoms with E-state index >= 15 is 0 Å². The molecular formula is C23H36N4O. The van der Waals surface area contributed by atoms with Crippen LogP contribution in [0.25, 0.3) is 0 Å². The molecule has 4 saturated carbocycles. The number of carbonyl (C=O) groups excluding carboxylic acids is 1. The first-order chi connectivity index (χ1) is 13.4. The zero-order chi connectivity index (χ0) is 19.5. The SMILES string of the molecule is CC(C)(C)n1ncc(C(=O)NC2C3CC4CC(C3)CC2C4)c1N1CCCCC1. The Morgan fingerprint density at radius 1 is 1.00 bits per heavy atom. The first-order valence-corrected chi connectivity index (χ1v) is 11.5. The first kappa shape index (κ1) is 18.5. The third-order valence-electron chi connectivity index (χ3n) is 7.80. The van der Waals surface area contributed by atoms with E-state index in [4.69, 9.17) is 0 Å². The molecule has 1 aliphatic heterocycles. The fraction of sp³-hybridized carbons (Fsp3) is 0.826. The van der Waals surface area contributed by atoms with E-state index in [1.165, 1.54) is 51.4 Å². The van der Waals surface area contributed by atoms with Crippen LogP contribution in [0, 0.1) is 23.7 Å². The third-order valence-corrected chi connectivity index (χ3v) is 7.80. The highest BCUT2D eigenvalue weighted by molar-refractivity contribution is 5.99. The lowest BCUT2D eigenvalue weighted by atomic mass is 9.54. The van der Waals surface area contributed by atoms with Crippen LogP contribution in [0.1, 0.15) is 82.5 Å². The lowest BCUT2D eigenvalue weighted by Gasteiger charge is -2.54. The van der Waals surface area contributed by atoms with Crippen LogP contribution in [-0.2, 0) is 5.54 Å². The summed E-state index contributed by atoms with van der Waals surface area (Å²) >= 11 is 0. The fourth-order valence-corrected chi connectivity index (χ4v) is 6.79. The second-order valence-corrected chi connectivity index (χ2v) is 10.9. The van der Waals surface area contributed by atoms with Crippen LogP contribution in [0.4, 0.5) is 5.82 Å². The number of nitrogens with one attached hydrogen (secondary N) is 1. The molecule has 4 aliphatic carbocycles. The number of amides is 1. The Hall–Kier alpha value is -1.52. The van der Waals surface area contributed by atoms with Crippen LogP contribution >= 0.6 is 0 Å². The first-order valence-electron chi connectivity index (χ1n) is 11.5. The predicted octanol–water partition coefficient (Wildman–Crippen LogP) is 4.18. The van der Waals surface area contributed by atoms with Crippen molar-refractivity contribution in [3.05, 3.63) is 11.8 Å². The molecule has 1 amide bonds. The minimum atomic E-state index is -0.131. The van der Waals surface area contributed by atoms with E-state index in [-0.39, 0.29) is 11.4 Å². The molecule has 0 unspecified atom stereocenters. The van der Waals surface area contributed by atoms with Crippen molar-refractivity contribution in [1.29, 1.82) is 0 Å². The molecule has 0 aromatic carbocycles. The van der Waals surface area contributed by atoms with Crippen LogP contribution in [0.15, 0.2) is 6.20 Å². The molecule has 5 aliphatic rings. The number of hydrogen-bond acceptors (Lipinski definition) is 3. The smallest absolute Gasteiger partial charge is 0.256 e. The summed E-state index contributed by atoms with van der Waals surface area (Å²) in [7, 11) is 0. The molecule has 0 spiro atoms. The van der Waals surface area contributed by atoms with Crippen LogP contribution < -0.4 is 10.2 Å². The van der Waals surface area contributed by atoms with Gasteiger partial charge in [-0.3, -0.25) is 4.79 Å². The topological polar surface area (TPSA) is 50.2 Å². The number of aromatic nitrogens is 2. The molecule has 5 fully saturated rings. The number of carbonyl (C=O) groups is 1. The summed E-state index contributed by atoms with van der Waals surface area (Å²) in [5.74, 6) is 4.42. The molecule has 1 saturated heterocycles. The number of piperidine rings is 1. The molecule has 0 atom stereocenters. The van der Waals surface area contributed by atoms with Gasteiger partial charge >= 0.3 is 0 Å². The molecule has 28 heavy (non-hydrogen) atoms. The lowest BCUT2D eigenvalue weighted by Crippen LogP contribution is -2.55. The van der Waals surface area contributed by atoms with Gasteiger partial charge in [-0.25, -0.2) is 4.68 Å². The summed E-state index contributed by atoms with van der Waals surface area (Å²) in [5, 5.41) is 8.19. The Morgan fingerprint density at radius 3 is 2.18 bits per heavy atom. The summed E-state index contributed by atoms with van der Waals surface area (Å²) in [6, 6.07) is 0.382. The molecule has 2 heterocycles. The molecule has 1 N–H and O–H groups in total. The largest absolute Gasteiger partial charge is 0.356 e. The van der Waals surface area contributed by atoms with Gasteiger partial charge in [-0.2, -0.15) is 5.10 Å². The zero-order valence-electron chi connectivity index (χ0n) is 17.8. The van der Waals surface area contributed by atoms with Gasteiger partial charge in [-0.05, 0) is 95.8 Å². The summed E-state index contributed by atoms with van der Waals surface area (Å²) in [5.41, 5.74) is 0.652. The van der Waals surface area contributed by atoms with E-state index in [0.29, 0.717) is 17.9 Å². The maximum absolute atomic E-state index is 13.4. The molecule has 0 radical (unpaired) electrons. The Morgan fingerprint density at radius 2 is 1.61 bits per heavy atom. The van der Waals surface area contributed by atoms with Gasteiger partial charge in [0.1, 0.15) is 11.4 Å². The number of nitrogens with zero attached hydrogens (tertiary/aromatic N) is 3. The van der Waals surface area contributed by atoms with Gasteiger partial charge in [-0.15, -0.1) is 0 Å². The molecule has 1 aromatic heterocycles. The van der Waals surface area contributed by atoms with Crippen LogP contribution in [0.3, 0.4) is 0 Å². The van der Waals surface area contributed by atoms with E-state index < -0.39 is 0 Å². The van der Waals surface area contributed by atoms with Crippen molar-refractivity contribution in [3.63, 3.8) is 0 Å². The van der Waals surface area contributed by atoms with Gasteiger partial charge in [0.2, 0.25) is 0 Å². The van der Waals surface area contributed by atoms with Crippen molar-refractivity contribution >= 4 is 11.7 Å². The van der Waals surface area contributed by atoms with Crippen molar-refractivity contribution in [2.75, 3.05) is 18.0 Å². The van der Waals surface area contributed by atoms with Gasteiger partial charge in [0.05, 0.1) is 11.7 Å². The normalized spacial score (nSPS) is 34.7. The summed E-state index contributed by atoms with van der Waals surface area (Å²) in [6.07, 6.45) is 12.3. The predicted molar refractivity (Wildman–Crippen MR) is 112 cm³/mol. The molecular weight excluding hydrogens is 348 g/mol. The van der Waals surface area contributed by atoms with E-state index in [1.807, 2.05) is 6.20 Å². The van der Waals surface area contributed by atoms with Gasteiger partial charge in [-0.1, -0.05) is 0 Å². The van der Waals surface area contributed by atoms with E-state index in [1.54, 1.807) is 0 Å². The molecule has 5 nitrogen and oxygen atoms in total. The Balaban J connectivity index is 1.41. The quantitative estimate of drug-likeness (QED) is 0.850. The van der Waals surface area contributed by atoms with Crippen LogP contribution in [-0.4, -0.2) is 34.8 Å². The van der Waals surface area contributed by atoms with Crippen molar-refractivity contribution in [3.8, 4) is 0 Å². The molecule has 6 rings (SSSR count). The average molecular weight is 385 g/mol. The Kier molecular flexibility index (Phi) is 4.48. The van der Waals surface area contributed by atoms with Gasteiger partial charge in [0.25, 0.3) is 5.91 Å². The fourth-order valence-electron chi connectivity index (χ4n) is 6.79. The van der Waals surface area contributed by atoms with Crippen molar-refractivity contribution in [2.45, 2.75) is 83.7 Å². The molecule has 4 bridgehead atoms. The number of rotatable bonds is 3. The van der Waals surface area contributed by atoms with E-state index in [2.05, 4.69) is 40.8 Å². The molecule has 1 aromatic rings. The minimum absolute atomic E-state index is 0.105.